The van der Waals surface area contributed by atoms with Gasteiger partial charge in [0, 0.05) is 19.1 Å². The molecule has 1 aliphatic heterocycles. The molecule has 0 aliphatic carbocycles. The molecule has 1 saturated heterocycles. The van der Waals surface area contributed by atoms with Crippen molar-refractivity contribution in [3.05, 3.63) is 12.1 Å². The molecule has 0 aromatic carbocycles. The summed E-state index contributed by atoms with van der Waals surface area (Å²) in [7, 11) is 4.23. The maximum atomic E-state index is 5.98. The Morgan fingerprint density at radius 1 is 1.43 bits per heavy atom. The van der Waals surface area contributed by atoms with Crippen LogP contribution >= 0.6 is 0 Å². The molecule has 1 aliphatic rings. The van der Waals surface area contributed by atoms with E-state index in [1.54, 1.807) is 0 Å². The second-order valence-electron chi connectivity index (χ2n) is 6.52. The first kappa shape index (κ1) is 15.9. The highest BCUT2D eigenvalue weighted by Gasteiger charge is 2.26. The minimum absolute atomic E-state index is 0.461. The van der Waals surface area contributed by atoms with Crippen molar-refractivity contribution in [1.29, 1.82) is 0 Å². The summed E-state index contributed by atoms with van der Waals surface area (Å²) in [5.74, 6) is 2.01. The van der Waals surface area contributed by atoms with Crippen LogP contribution in [-0.2, 0) is 0 Å². The number of anilines is 2. The monoisotopic (exact) mass is 292 g/mol. The van der Waals surface area contributed by atoms with Gasteiger partial charge in [-0.05, 0) is 45.0 Å². The topological polar surface area (TPSA) is 54.6 Å². The number of likely N-dealkylation sites (N-methyl/N-ethyl adjacent to an activating group) is 1. The fourth-order valence-corrected chi connectivity index (χ4v) is 2.71. The quantitative estimate of drug-likeness (QED) is 0.871. The maximum Gasteiger partial charge on any atom is 0.239 e. The van der Waals surface area contributed by atoms with Gasteiger partial charge in [-0.3, -0.25) is 0 Å². The summed E-state index contributed by atoms with van der Waals surface area (Å²) in [6.07, 6.45) is 2.43. The summed E-state index contributed by atoms with van der Waals surface area (Å²) in [4.78, 5) is 9.25. The lowest BCUT2D eigenvalue weighted by atomic mass is 10.2. The summed E-state index contributed by atoms with van der Waals surface area (Å²) in [6.45, 7) is 6.98. The average molecular weight is 292 g/mol. The SMILES string of the molecule is CC(C)COc1nc(N2CCCC2CN(C)C)ccc1N. The number of aromatic nitrogens is 1. The summed E-state index contributed by atoms with van der Waals surface area (Å²) in [5.41, 5.74) is 6.59. The van der Waals surface area contributed by atoms with E-state index >= 15 is 0 Å². The lowest BCUT2D eigenvalue weighted by Gasteiger charge is -2.28. The Bertz CT molecular complexity index is 462. The van der Waals surface area contributed by atoms with Crippen LogP contribution in [0.4, 0.5) is 11.5 Å². The van der Waals surface area contributed by atoms with Crippen LogP contribution in [0.15, 0.2) is 12.1 Å². The Morgan fingerprint density at radius 2 is 2.19 bits per heavy atom. The number of nitrogens with zero attached hydrogens (tertiary/aromatic N) is 3. The fourth-order valence-electron chi connectivity index (χ4n) is 2.71. The van der Waals surface area contributed by atoms with Gasteiger partial charge in [0.15, 0.2) is 0 Å². The standard InChI is InChI=1S/C16H28N4O/c1-12(2)11-21-16-14(17)7-8-15(18-16)20-9-5-6-13(20)10-19(3)4/h7-8,12-13H,5-6,9-11,17H2,1-4H3. The third-order valence-corrected chi connectivity index (χ3v) is 3.68. The van der Waals surface area contributed by atoms with Gasteiger partial charge in [-0.1, -0.05) is 13.8 Å². The largest absolute Gasteiger partial charge is 0.476 e. The molecule has 2 heterocycles. The third kappa shape index (κ3) is 4.24. The van der Waals surface area contributed by atoms with Crippen molar-refractivity contribution in [1.82, 2.24) is 9.88 Å². The number of ether oxygens (including phenoxy) is 1. The van der Waals surface area contributed by atoms with Gasteiger partial charge in [0.1, 0.15) is 5.82 Å². The Balaban J connectivity index is 2.13. The fraction of sp³-hybridized carbons (Fsp3) is 0.688. The van der Waals surface area contributed by atoms with Gasteiger partial charge >= 0.3 is 0 Å². The van der Waals surface area contributed by atoms with E-state index in [-0.39, 0.29) is 0 Å². The summed E-state index contributed by atoms with van der Waals surface area (Å²) in [5, 5.41) is 0. The number of hydrogen-bond donors (Lipinski definition) is 1. The van der Waals surface area contributed by atoms with Crippen LogP contribution in [0.3, 0.4) is 0 Å². The molecular weight excluding hydrogens is 264 g/mol. The molecule has 0 radical (unpaired) electrons. The molecule has 1 aromatic heterocycles. The zero-order valence-electron chi connectivity index (χ0n) is 13.7. The van der Waals surface area contributed by atoms with Crippen LogP contribution in [0.2, 0.25) is 0 Å². The molecule has 2 N–H and O–H groups in total. The van der Waals surface area contributed by atoms with Crippen LogP contribution < -0.4 is 15.4 Å². The van der Waals surface area contributed by atoms with Crippen molar-refractivity contribution in [2.75, 3.05) is 44.4 Å². The van der Waals surface area contributed by atoms with E-state index in [1.165, 1.54) is 12.8 Å². The van der Waals surface area contributed by atoms with E-state index in [9.17, 15) is 0 Å². The highest BCUT2D eigenvalue weighted by Crippen LogP contribution is 2.28. The predicted octanol–water partition coefficient (Wildman–Crippen LogP) is 2.23. The van der Waals surface area contributed by atoms with E-state index in [1.807, 2.05) is 12.1 Å². The molecule has 118 valence electrons. The van der Waals surface area contributed by atoms with Gasteiger partial charge < -0.3 is 20.3 Å². The molecule has 5 nitrogen and oxygen atoms in total. The Morgan fingerprint density at radius 3 is 2.86 bits per heavy atom. The van der Waals surface area contributed by atoms with Gasteiger partial charge in [0.2, 0.25) is 5.88 Å². The average Bonchev–Trinajstić information content (AvgIpc) is 2.85. The zero-order chi connectivity index (χ0) is 15.4. The number of hydrogen-bond acceptors (Lipinski definition) is 5. The van der Waals surface area contributed by atoms with Crippen LogP contribution in [-0.4, -0.2) is 49.7 Å². The number of rotatable bonds is 6. The molecule has 0 amide bonds. The minimum atomic E-state index is 0.461. The molecular formula is C16H28N4O. The normalized spacial score (nSPS) is 18.8. The Hall–Kier alpha value is -1.49. The Kier molecular flexibility index (Phi) is 5.28. The van der Waals surface area contributed by atoms with E-state index in [0.717, 1.165) is 18.9 Å². The third-order valence-electron chi connectivity index (χ3n) is 3.68. The smallest absolute Gasteiger partial charge is 0.239 e. The number of nitrogen functional groups attached to an aromatic ring is 1. The molecule has 0 bridgehead atoms. The molecule has 0 spiro atoms. The van der Waals surface area contributed by atoms with Crippen molar-refractivity contribution < 1.29 is 4.74 Å². The first-order valence-corrected chi connectivity index (χ1v) is 7.78. The Labute approximate surface area is 128 Å². The van der Waals surface area contributed by atoms with Crippen molar-refractivity contribution >= 4 is 11.5 Å². The second kappa shape index (κ2) is 6.98. The van der Waals surface area contributed by atoms with Crippen molar-refractivity contribution in [2.24, 2.45) is 5.92 Å². The molecule has 1 aromatic rings. The maximum absolute atomic E-state index is 5.98. The van der Waals surface area contributed by atoms with E-state index in [4.69, 9.17) is 10.5 Å². The highest BCUT2D eigenvalue weighted by atomic mass is 16.5. The molecule has 0 saturated carbocycles. The molecule has 5 heteroatoms. The van der Waals surface area contributed by atoms with Crippen LogP contribution in [0.25, 0.3) is 0 Å². The minimum Gasteiger partial charge on any atom is -0.476 e. The van der Waals surface area contributed by atoms with Gasteiger partial charge in [-0.2, -0.15) is 4.98 Å². The van der Waals surface area contributed by atoms with Crippen molar-refractivity contribution in [3.63, 3.8) is 0 Å². The van der Waals surface area contributed by atoms with Crippen LogP contribution in [0.1, 0.15) is 26.7 Å². The predicted molar refractivity (Wildman–Crippen MR) is 87.9 cm³/mol. The molecule has 1 atom stereocenters. The first-order valence-electron chi connectivity index (χ1n) is 7.78. The van der Waals surface area contributed by atoms with Gasteiger partial charge in [0.05, 0.1) is 12.3 Å². The van der Waals surface area contributed by atoms with Crippen molar-refractivity contribution in [2.45, 2.75) is 32.7 Å². The van der Waals surface area contributed by atoms with Crippen LogP contribution in [0.5, 0.6) is 5.88 Å². The van der Waals surface area contributed by atoms with Gasteiger partial charge in [-0.25, -0.2) is 0 Å². The number of pyridine rings is 1. The molecule has 1 fully saturated rings. The van der Waals surface area contributed by atoms with Crippen molar-refractivity contribution in [3.8, 4) is 5.88 Å². The summed E-state index contributed by atoms with van der Waals surface area (Å²) >= 11 is 0. The lowest BCUT2D eigenvalue weighted by molar-refractivity contribution is 0.263. The summed E-state index contributed by atoms with van der Waals surface area (Å²) in [6, 6.07) is 4.43. The first-order chi connectivity index (χ1) is 9.97. The second-order valence-corrected chi connectivity index (χ2v) is 6.52. The molecule has 21 heavy (non-hydrogen) atoms. The van der Waals surface area contributed by atoms with Gasteiger partial charge in [0.25, 0.3) is 0 Å². The van der Waals surface area contributed by atoms with E-state index in [2.05, 4.69) is 42.7 Å². The zero-order valence-corrected chi connectivity index (χ0v) is 13.7. The highest BCUT2D eigenvalue weighted by molar-refractivity contribution is 5.55. The van der Waals surface area contributed by atoms with Crippen LogP contribution in [0, 0.1) is 5.92 Å². The van der Waals surface area contributed by atoms with Gasteiger partial charge in [-0.15, -0.1) is 0 Å². The summed E-state index contributed by atoms with van der Waals surface area (Å²) < 4.78 is 5.74. The molecule has 2 rings (SSSR count). The van der Waals surface area contributed by atoms with E-state index in [0.29, 0.717) is 30.1 Å². The lowest BCUT2D eigenvalue weighted by Crippen LogP contribution is -2.38. The number of nitrogens with two attached hydrogens (primary N) is 1. The molecule has 1 unspecified atom stereocenters. The van der Waals surface area contributed by atoms with E-state index < -0.39 is 0 Å².